The third-order valence-corrected chi connectivity index (χ3v) is 5.01. The molecule has 1 atom stereocenters. The van der Waals surface area contributed by atoms with Gasteiger partial charge in [0, 0.05) is 17.7 Å². The maximum Gasteiger partial charge on any atom is 0.271 e. The summed E-state index contributed by atoms with van der Waals surface area (Å²) in [4.78, 5) is 23.9. The highest BCUT2D eigenvalue weighted by Gasteiger charge is 2.21. The van der Waals surface area contributed by atoms with E-state index >= 15 is 0 Å². The minimum atomic E-state index is -0.509. The molecule has 1 heterocycles. The molecule has 0 bridgehead atoms. The van der Waals surface area contributed by atoms with Crippen molar-refractivity contribution in [1.82, 2.24) is 15.1 Å². The number of halogens is 1. The Bertz CT molecular complexity index is 1270. The Kier molecular flexibility index (Phi) is 5.76. The first-order valence-corrected chi connectivity index (χ1v) is 9.89. The molecule has 0 saturated carbocycles. The van der Waals surface area contributed by atoms with E-state index in [9.17, 15) is 19.3 Å². The van der Waals surface area contributed by atoms with Crippen molar-refractivity contribution in [3.63, 3.8) is 0 Å². The van der Waals surface area contributed by atoms with Crippen LogP contribution in [-0.4, -0.2) is 20.6 Å². The molecule has 160 valence electrons. The van der Waals surface area contributed by atoms with Crippen molar-refractivity contribution in [3.8, 4) is 16.9 Å². The molecule has 0 fully saturated rings. The molecule has 0 aliphatic rings. The summed E-state index contributed by atoms with van der Waals surface area (Å²) < 4.78 is 14.7. The van der Waals surface area contributed by atoms with Crippen LogP contribution in [0, 0.1) is 15.9 Å². The monoisotopic (exact) mass is 430 g/mol. The molecule has 0 spiro atoms. The van der Waals surface area contributed by atoms with Gasteiger partial charge in [0.2, 0.25) is 0 Å². The van der Waals surface area contributed by atoms with E-state index in [1.807, 2.05) is 37.3 Å². The standard InChI is InChI=1S/C24H19FN4O3/c1-16(17-6-3-2-4-7-17)26-24(30)23-15-22(18-10-12-19(25)13-11-18)27-28(23)20-8-5-9-21(14-20)29(31)32/h2-16H,1H3,(H,26,30). The zero-order valence-corrected chi connectivity index (χ0v) is 17.1. The predicted molar refractivity (Wildman–Crippen MR) is 118 cm³/mol. The number of carbonyl (C=O) groups excluding carboxylic acids is 1. The molecule has 4 aromatic rings. The quantitative estimate of drug-likeness (QED) is 0.341. The highest BCUT2D eigenvalue weighted by atomic mass is 19.1. The van der Waals surface area contributed by atoms with Crippen LogP contribution in [0.15, 0.2) is 84.9 Å². The second-order valence-electron chi connectivity index (χ2n) is 7.22. The van der Waals surface area contributed by atoms with Gasteiger partial charge in [-0.1, -0.05) is 36.4 Å². The van der Waals surface area contributed by atoms with Crippen LogP contribution < -0.4 is 5.32 Å². The molecular weight excluding hydrogens is 411 g/mol. The van der Waals surface area contributed by atoms with E-state index in [0.29, 0.717) is 16.9 Å². The summed E-state index contributed by atoms with van der Waals surface area (Å²) in [5.41, 5.74) is 2.43. The van der Waals surface area contributed by atoms with E-state index in [2.05, 4.69) is 10.4 Å². The number of hydrogen-bond acceptors (Lipinski definition) is 4. The highest BCUT2D eigenvalue weighted by Crippen LogP contribution is 2.25. The summed E-state index contributed by atoms with van der Waals surface area (Å²) in [5, 5.41) is 18.7. The average molecular weight is 430 g/mol. The lowest BCUT2D eigenvalue weighted by Gasteiger charge is -2.15. The summed E-state index contributed by atoms with van der Waals surface area (Å²) in [6.07, 6.45) is 0. The lowest BCUT2D eigenvalue weighted by atomic mass is 10.1. The van der Waals surface area contributed by atoms with Gasteiger partial charge in [0.1, 0.15) is 11.5 Å². The Labute approximate surface area is 183 Å². The van der Waals surface area contributed by atoms with Crippen LogP contribution in [0.25, 0.3) is 16.9 Å². The average Bonchev–Trinajstić information content (AvgIpc) is 3.26. The van der Waals surface area contributed by atoms with Crippen LogP contribution in [0.2, 0.25) is 0 Å². The lowest BCUT2D eigenvalue weighted by Crippen LogP contribution is -2.28. The highest BCUT2D eigenvalue weighted by molar-refractivity contribution is 5.94. The smallest absolute Gasteiger partial charge is 0.271 e. The summed E-state index contributed by atoms with van der Waals surface area (Å²) in [5.74, 6) is -0.782. The fourth-order valence-corrected chi connectivity index (χ4v) is 3.34. The van der Waals surface area contributed by atoms with Crippen molar-refractivity contribution in [2.75, 3.05) is 0 Å². The molecule has 1 amide bonds. The molecule has 1 aromatic heterocycles. The molecule has 3 aromatic carbocycles. The van der Waals surface area contributed by atoms with Crippen LogP contribution in [-0.2, 0) is 0 Å². The molecular formula is C24H19FN4O3. The van der Waals surface area contributed by atoms with Crippen LogP contribution in [0.1, 0.15) is 29.0 Å². The Balaban J connectivity index is 1.75. The molecule has 32 heavy (non-hydrogen) atoms. The van der Waals surface area contributed by atoms with E-state index in [1.165, 1.54) is 35.0 Å². The second-order valence-corrected chi connectivity index (χ2v) is 7.22. The largest absolute Gasteiger partial charge is 0.344 e. The van der Waals surface area contributed by atoms with Gasteiger partial charge in [-0.05, 0) is 48.9 Å². The van der Waals surface area contributed by atoms with Gasteiger partial charge in [-0.25, -0.2) is 9.07 Å². The number of benzene rings is 3. The third-order valence-electron chi connectivity index (χ3n) is 5.01. The fourth-order valence-electron chi connectivity index (χ4n) is 3.34. The molecule has 1 unspecified atom stereocenters. The molecule has 1 N–H and O–H groups in total. The summed E-state index contributed by atoms with van der Waals surface area (Å²) in [7, 11) is 0. The molecule has 0 radical (unpaired) electrons. The van der Waals surface area contributed by atoms with E-state index in [4.69, 9.17) is 0 Å². The number of non-ortho nitro benzene ring substituents is 1. The third kappa shape index (κ3) is 4.39. The first-order chi connectivity index (χ1) is 15.4. The van der Waals surface area contributed by atoms with Crippen LogP contribution in [0.4, 0.5) is 10.1 Å². The van der Waals surface area contributed by atoms with Crippen molar-refractivity contribution in [1.29, 1.82) is 0 Å². The zero-order valence-electron chi connectivity index (χ0n) is 17.1. The first kappa shape index (κ1) is 20.9. The van der Waals surface area contributed by atoms with Crippen LogP contribution in [0.5, 0.6) is 0 Å². The van der Waals surface area contributed by atoms with E-state index in [-0.39, 0.29) is 23.2 Å². The number of nitrogens with one attached hydrogen (secondary N) is 1. The van der Waals surface area contributed by atoms with Gasteiger partial charge in [-0.15, -0.1) is 0 Å². The normalized spacial score (nSPS) is 11.7. The molecule has 4 rings (SSSR count). The summed E-state index contributed by atoms with van der Waals surface area (Å²) in [6.45, 7) is 1.86. The Morgan fingerprint density at radius 1 is 1.03 bits per heavy atom. The number of nitro benzene ring substituents is 1. The summed E-state index contributed by atoms with van der Waals surface area (Å²) in [6, 6.07) is 22.4. The number of nitrogens with zero attached hydrogens (tertiary/aromatic N) is 3. The van der Waals surface area contributed by atoms with Gasteiger partial charge >= 0.3 is 0 Å². The number of aromatic nitrogens is 2. The Morgan fingerprint density at radius 3 is 2.44 bits per heavy atom. The number of amides is 1. The number of rotatable bonds is 6. The van der Waals surface area contributed by atoms with E-state index in [0.717, 1.165) is 5.56 Å². The minimum Gasteiger partial charge on any atom is -0.344 e. The van der Waals surface area contributed by atoms with Crippen LogP contribution in [0.3, 0.4) is 0 Å². The zero-order chi connectivity index (χ0) is 22.7. The Hall–Kier alpha value is -4.33. The maximum absolute atomic E-state index is 13.4. The van der Waals surface area contributed by atoms with Crippen molar-refractivity contribution in [2.24, 2.45) is 0 Å². The van der Waals surface area contributed by atoms with E-state index in [1.54, 1.807) is 24.3 Å². The maximum atomic E-state index is 13.4. The minimum absolute atomic E-state index is 0.120. The molecule has 0 aliphatic carbocycles. The lowest BCUT2D eigenvalue weighted by molar-refractivity contribution is -0.384. The van der Waals surface area contributed by atoms with Crippen LogP contribution >= 0.6 is 0 Å². The van der Waals surface area contributed by atoms with Gasteiger partial charge in [0.15, 0.2) is 0 Å². The number of hydrogen-bond donors (Lipinski definition) is 1. The fraction of sp³-hybridized carbons (Fsp3) is 0.0833. The second kappa shape index (κ2) is 8.81. The molecule has 0 aliphatic heterocycles. The van der Waals surface area contributed by atoms with Gasteiger partial charge in [0.05, 0.1) is 22.3 Å². The van der Waals surface area contributed by atoms with Crippen molar-refractivity contribution >= 4 is 11.6 Å². The van der Waals surface area contributed by atoms with Gasteiger partial charge in [-0.2, -0.15) is 5.10 Å². The predicted octanol–water partition coefficient (Wildman–Crippen LogP) is 5.08. The van der Waals surface area contributed by atoms with Gasteiger partial charge in [-0.3, -0.25) is 14.9 Å². The molecule has 0 saturated heterocycles. The summed E-state index contributed by atoms with van der Waals surface area (Å²) >= 11 is 0. The van der Waals surface area contributed by atoms with E-state index < -0.39 is 10.8 Å². The number of carbonyl (C=O) groups is 1. The van der Waals surface area contributed by atoms with Crippen molar-refractivity contribution < 1.29 is 14.1 Å². The van der Waals surface area contributed by atoms with Crippen molar-refractivity contribution in [2.45, 2.75) is 13.0 Å². The molecule has 7 nitrogen and oxygen atoms in total. The first-order valence-electron chi connectivity index (χ1n) is 9.89. The topological polar surface area (TPSA) is 90.1 Å². The Morgan fingerprint density at radius 2 is 1.75 bits per heavy atom. The SMILES string of the molecule is CC(NC(=O)c1cc(-c2ccc(F)cc2)nn1-c1cccc([N+](=O)[O-])c1)c1ccccc1. The van der Waals surface area contributed by atoms with Gasteiger partial charge < -0.3 is 5.32 Å². The van der Waals surface area contributed by atoms with Gasteiger partial charge in [0.25, 0.3) is 11.6 Å². The molecule has 8 heteroatoms. The van der Waals surface area contributed by atoms with Crippen molar-refractivity contribution in [3.05, 3.63) is 112 Å². The number of nitro groups is 1.